The Morgan fingerprint density at radius 2 is 2.00 bits per heavy atom. The van der Waals surface area contributed by atoms with Gasteiger partial charge >= 0.3 is 166 Å². The molecule has 0 unspecified atom stereocenters. The van der Waals surface area contributed by atoms with Crippen LogP contribution < -0.4 is 15.4 Å². The van der Waals surface area contributed by atoms with Gasteiger partial charge in [0.25, 0.3) is 0 Å². The summed E-state index contributed by atoms with van der Waals surface area (Å²) in [6.07, 6.45) is 1.61. The first-order chi connectivity index (χ1) is 12.6. The zero-order chi connectivity index (χ0) is 20.2. The van der Waals surface area contributed by atoms with Crippen LogP contribution in [0, 0.1) is 5.82 Å². The Hall–Kier alpha value is -1.96. The van der Waals surface area contributed by atoms with Crippen LogP contribution in [0.5, 0.6) is 0 Å². The number of pyridine rings is 1. The van der Waals surface area contributed by atoms with Gasteiger partial charge in [0.05, 0.1) is 0 Å². The molecular weight excluding hydrogens is 460 g/mol. The predicted octanol–water partition coefficient (Wildman–Crippen LogP) is 1.29. The number of nitrogens with zero attached hydrogens (tertiary/aromatic N) is 1. The van der Waals surface area contributed by atoms with E-state index in [1.807, 2.05) is 0 Å². The molecule has 1 aromatic heterocycles. The molecule has 0 saturated heterocycles. The van der Waals surface area contributed by atoms with Crippen molar-refractivity contribution in [3.05, 3.63) is 52.6 Å². The van der Waals surface area contributed by atoms with Gasteiger partial charge in [0.1, 0.15) is 0 Å². The summed E-state index contributed by atoms with van der Waals surface area (Å²) in [6, 6.07) is 5.25. The number of benzene rings is 1. The third kappa shape index (κ3) is 5.51. The van der Waals surface area contributed by atoms with Crippen molar-refractivity contribution in [1.82, 2.24) is 4.98 Å². The molecule has 143 valence electrons. The number of amides is 2. The zero-order valence-electron chi connectivity index (χ0n) is 14.1. The molecule has 2 amide bonds. The van der Waals surface area contributed by atoms with E-state index in [9.17, 15) is 22.4 Å². The van der Waals surface area contributed by atoms with Crippen molar-refractivity contribution < 1.29 is 22.4 Å². The number of primary amides is 1. The van der Waals surface area contributed by atoms with Crippen molar-refractivity contribution >= 4 is 56.1 Å². The summed E-state index contributed by atoms with van der Waals surface area (Å²) >= 11 is 4.43. The summed E-state index contributed by atoms with van der Waals surface area (Å²) < 4.78 is 38.7. The Balaban J connectivity index is 2.30. The molecule has 0 aliphatic heterocycles. The van der Waals surface area contributed by atoms with Gasteiger partial charge < -0.3 is 0 Å². The molecule has 3 N–H and O–H groups in total. The minimum absolute atomic E-state index is 0.00406. The number of hydrogen-bond donors (Lipinski definition) is 2. The summed E-state index contributed by atoms with van der Waals surface area (Å²) in [4.78, 5) is 27.2. The van der Waals surface area contributed by atoms with E-state index in [4.69, 9.17) is 17.3 Å². The van der Waals surface area contributed by atoms with Crippen LogP contribution in [0.4, 0.5) is 10.1 Å². The average Bonchev–Trinajstić information content (AvgIpc) is 2.58. The molecule has 1 radical (unpaired) electrons. The van der Waals surface area contributed by atoms with E-state index in [1.165, 1.54) is 30.5 Å². The quantitative estimate of drug-likeness (QED) is 0.586. The number of hydrogen-bond acceptors (Lipinski definition) is 5. The van der Waals surface area contributed by atoms with Gasteiger partial charge in [0.15, 0.2) is 0 Å². The SMILES string of the molecule is CCCS(=O)(=O)[As]c1ccc(Cl)c(C(=O)Nc2ccc(C(N)=O)nc2)c1F. The van der Waals surface area contributed by atoms with Gasteiger partial charge in [-0.15, -0.1) is 0 Å². The maximum atomic E-state index is 14.8. The van der Waals surface area contributed by atoms with E-state index < -0.39 is 45.9 Å². The molecule has 0 aliphatic rings. The summed E-state index contributed by atoms with van der Waals surface area (Å²) in [6.45, 7) is 1.72. The van der Waals surface area contributed by atoms with Crippen LogP contribution in [-0.4, -0.2) is 45.6 Å². The number of carbonyl (C=O) groups is 2. The van der Waals surface area contributed by atoms with Crippen molar-refractivity contribution in [2.45, 2.75) is 13.3 Å². The van der Waals surface area contributed by atoms with Gasteiger partial charge in [-0.2, -0.15) is 0 Å². The third-order valence-corrected chi connectivity index (χ3v) is 9.85. The molecule has 0 atom stereocenters. The molecule has 11 heteroatoms. The number of aromatic nitrogens is 1. The molecule has 0 fully saturated rings. The van der Waals surface area contributed by atoms with E-state index >= 15 is 0 Å². The second-order valence-electron chi connectivity index (χ2n) is 5.38. The van der Waals surface area contributed by atoms with Crippen LogP contribution >= 0.6 is 11.6 Å². The van der Waals surface area contributed by atoms with Crippen LogP contribution in [0.15, 0.2) is 30.5 Å². The Morgan fingerprint density at radius 3 is 2.56 bits per heavy atom. The molecular formula is C16H15AsClFN3O4S. The van der Waals surface area contributed by atoms with Gasteiger partial charge in [0, 0.05) is 0 Å². The van der Waals surface area contributed by atoms with Crippen LogP contribution in [-0.2, 0) is 8.10 Å². The summed E-state index contributed by atoms with van der Waals surface area (Å²) in [5.41, 5.74) is 4.83. The van der Waals surface area contributed by atoms with Crippen LogP contribution in [0.25, 0.3) is 0 Å². The predicted molar refractivity (Wildman–Crippen MR) is 102 cm³/mol. The third-order valence-electron chi connectivity index (χ3n) is 3.27. The van der Waals surface area contributed by atoms with Gasteiger partial charge in [-0.1, -0.05) is 0 Å². The first-order valence-electron chi connectivity index (χ1n) is 7.65. The Morgan fingerprint density at radius 1 is 1.30 bits per heavy atom. The molecule has 1 heterocycles. The van der Waals surface area contributed by atoms with E-state index in [1.54, 1.807) is 6.92 Å². The number of carbonyl (C=O) groups excluding carboxylic acids is 2. The van der Waals surface area contributed by atoms with Crippen molar-refractivity contribution in [2.24, 2.45) is 5.73 Å². The molecule has 0 saturated carbocycles. The number of nitrogens with two attached hydrogens (primary N) is 1. The van der Waals surface area contributed by atoms with Crippen molar-refractivity contribution in [3.63, 3.8) is 0 Å². The monoisotopic (exact) mass is 474 g/mol. The van der Waals surface area contributed by atoms with Crippen molar-refractivity contribution in [2.75, 3.05) is 11.1 Å². The van der Waals surface area contributed by atoms with E-state index in [0.29, 0.717) is 6.42 Å². The molecule has 27 heavy (non-hydrogen) atoms. The topological polar surface area (TPSA) is 119 Å². The molecule has 2 rings (SSSR count). The molecule has 7 nitrogen and oxygen atoms in total. The first kappa shape index (κ1) is 21.3. The minimum atomic E-state index is -3.41. The number of nitrogens with one attached hydrogen (secondary N) is 1. The van der Waals surface area contributed by atoms with Crippen LogP contribution in [0.1, 0.15) is 34.2 Å². The Bertz CT molecular complexity index is 984. The van der Waals surface area contributed by atoms with Gasteiger partial charge in [-0.3, -0.25) is 0 Å². The molecule has 1 aromatic carbocycles. The molecule has 0 spiro atoms. The first-order valence-corrected chi connectivity index (χ1v) is 12.9. The summed E-state index contributed by atoms with van der Waals surface area (Å²) in [5.74, 6) is -2.59. The fourth-order valence-electron chi connectivity index (χ4n) is 2.08. The Labute approximate surface area is 166 Å². The standard InChI is InChI=1S/C16H15AsClFN3O4S/c1-2-7-27(25,26)17-10-4-5-11(18)13(14(10)19)16(24)22-9-3-6-12(15(20)23)21-8-9/h3-6,8H,2,7H2,1H3,(H2,20,23)(H,22,24). The van der Waals surface area contributed by atoms with Crippen molar-refractivity contribution in [3.8, 4) is 0 Å². The summed E-state index contributed by atoms with van der Waals surface area (Å²) in [7, 11) is -3.41. The molecule has 2 aromatic rings. The van der Waals surface area contributed by atoms with Crippen LogP contribution in [0.3, 0.4) is 0 Å². The van der Waals surface area contributed by atoms with Gasteiger partial charge in [0.2, 0.25) is 0 Å². The maximum absolute atomic E-state index is 14.8. The van der Waals surface area contributed by atoms with Gasteiger partial charge in [-0.05, 0) is 0 Å². The van der Waals surface area contributed by atoms with Crippen molar-refractivity contribution in [1.29, 1.82) is 0 Å². The van der Waals surface area contributed by atoms with E-state index in [2.05, 4.69) is 10.3 Å². The van der Waals surface area contributed by atoms with E-state index in [0.717, 1.165) is 0 Å². The fourth-order valence-corrected chi connectivity index (χ4v) is 8.25. The number of halogens is 2. The second-order valence-corrected chi connectivity index (χ2v) is 13.2. The second kappa shape index (κ2) is 8.82. The van der Waals surface area contributed by atoms with Gasteiger partial charge in [-0.25, -0.2) is 0 Å². The van der Waals surface area contributed by atoms with Crippen LogP contribution in [0.2, 0.25) is 5.02 Å². The average molecular weight is 475 g/mol. The zero-order valence-corrected chi connectivity index (χ0v) is 17.5. The fraction of sp³-hybridized carbons (Fsp3) is 0.188. The number of rotatable bonds is 7. The molecule has 0 bridgehead atoms. The normalized spacial score (nSPS) is 11.7. The number of anilines is 1. The van der Waals surface area contributed by atoms with E-state index in [-0.39, 0.29) is 26.5 Å². The summed E-state index contributed by atoms with van der Waals surface area (Å²) in [5, 5.41) is 2.26. The Kier molecular flexibility index (Phi) is 6.97. The molecule has 0 aliphatic carbocycles.